The molecule has 1 aromatic heterocycles. The smallest absolute Gasteiger partial charge is 0.278 e. The molecule has 3 aromatic carbocycles. The van der Waals surface area contributed by atoms with Gasteiger partial charge in [-0.3, -0.25) is 24.3 Å². The van der Waals surface area contributed by atoms with Gasteiger partial charge in [-0.05, 0) is 64.2 Å². The van der Waals surface area contributed by atoms with Crippen LogP contribution in [0.25, 0.3) is 0 Å². The number of aromatic amines is 1. The molecular formula is C32H34BrN5O3. The Kier molecular flexibility index (Phi) is 7.48. The SMILES string of the molecule is COc1ccc(CN2CN(c3ccccc3)C3(CCN(C(c4ccccc4)c4c(Br)c(=O)[nH]n4C)CC3)C2=O)cc1. The van der Waals surface area contributed by atoms with Crippen LogP contribution < -0.4 is 15.2 Å². The Balaban J connectivity index is 1.31. The third-order valence-electron chi connectivity index (χ3n) is 8.53. The molecular weight excluding hydrogens is 582 g/mol. The van der Waals surface area contributed by atoms with Crippen LogP contribution in [0.4, 0.5) is 5.69 Å². The Hall–Kier alpha value is -3.82. The minimum atomic E-state index is -0.632. The van der Waals surface area contributed by atoms with E-state index in [9.17, 15) is 9.59 Å². The fourth-order valence-corrected chi connectivity index (χ4v) is 7.00. The number of methoxy groups -OCH3 is 1. The first kappa shape index (κ1) is 27.4. The van der Waals surface area contributed by atoms with Crippen molar-refractivity contribution < 1.29 is 9.53 Å². The Morgan fingerprint density at radius 2 is 1.56 bits per heavy atom. The molecule has 1 unspecified atom stereocenters. The number of carbonyl (C=O) groups is 1. The number of H-pyrrole nitrogens is 1. The highest BCUT2D eigenvalue weighted by Crippen LogP contribution is 2.43. The molecule has 6 rings (SSSR count). The van der Waals surface area contributed by atoms with Crippen LogP contribution in [0.1, 0.15) is 35.7 Å². The highest BCUT2D eigenvalue weighted by molar-refractivity contribution is 9.10. The average molecular weight is 617 g/mol. The highest BCUT2D eigenvalue weighted by atomic mass is 79.9. The van der Waals surface area contributed by atoms with Gasteiger partial charge in [-0.25, -0.2) is 0 Å². The number of hydrogen-bond donors (Lipinski definition) is 1. The third kappa shape index (κ3) is 4.97. The van der Waals surface area contributed by atoms with Crippen molar-refractivity contribution in [3.63, 3.8) is 0 Å². The quantitative estimate of drug-likeness (QED) is 0.320. The number of para-hydroxylation sites is 1. The largest absolute Gasteiger partial charge is 0.497 e. The standard InChI is InChI=1S/C32H34BrN5O3/c1-35-29(27(33)30(39)34-35)28(24-9-5-3-6-10-24)36-19-17-32(18-20-36)31(40)37(21-23-13-15-26(41-2)16-14-23)22-38(32)25-11-7-4-8-12-25/h3-16,28H,17-22H2,1-2H3,(H,34,39). The van der Waals surface area contributed by atoms with Gasteiger partial charge in [0.1, 0.15) is 15.8 Å². The number of nitrogens with one attached hydrogen (secondary N) is 1. The lowest BCUT2D eigenvalue weighted by Crippen LogP contribution is -2.57. The second-order valence-electron chi connectivity index (χ2n) is 10.8. The van der Waals surface area contributed by atoms with Gasteiger partial charge in [0.2, 0.25) is 5.91 Å². The minimum Gasteiger partial charge on any atom is -0.497 e. The molecule has 2 saturated heterocycles. The van der Waals surface area contributed by atoms with Crippen molar-refractivity contribution >= 4 is 27.5 Å². The number of benzene rings is 3. The van der Waals surface area contributed by atoms with Gasteiger partial charge in [0.15, 0.2) is 0 Å². The van der Waals surface area contributed by atoms with Crippen LogP contribution in [0, 0.1) is 0 Å². The summed E-state index contributed by atoms with van der Waals surface area (Å²) in [6.07, 6.45) is 1.36. The Morgan fingerprint density at radius 3 is 2.15 bits per heavy atom. The molecule has 41 heavy (non-hydrogen) atoms. The molecule has 1 N–H and O–H groups in total. The molecule has 1 spiro atoms. The second-order valence-corrected chi connectivity index (χ2v) is 11.6. The molecule has 1 atom stereocenters. The molecule has 0 radical (unpaired) electrons. The van der Waals surface area contributed by atoms with Crippen LogP contribution in [0.5, 0.6) is 5.75 Å². The van der Waals surface area contributed by atoms with Gasteiger partial charge in [0.05, 0.1) is 25.5 Å². The number of aryl methyl sites for hydroxylation is 1. The van der Waals surface area contributed by atoms with E-state index in [4.69, 9.17) is 4.74 Å². The molecule has 0 bridgehead atoms. The lowest BCUT2D eigenvalue weighted by Gasteiger charge is -2.45. The first-order valence-electron chi connectivity index (χ1n) is 13.9. The van der Waals surface area contributed by atoms with E-state index in [0.717, 1.165) is 28.3 Å². The molecule has 3 heterocycles. The predicted octanol–water partition coefficient (Wildman–Crippen LogP) is 4.92. The minimum absolute atomic E-state index is 0.135. The zero-order chi connectivity index (χ0) is 28.6. The van der Waals surface area contributed by atoms with Crippen molar-refractivity contribution in [2.45, 2.75) is 31.0 Å². The van der Waals surface area contributed by atoms with E-state index >= 15 is 0 Å². The number of aromatic nitrogens is 2. The summed E-state index contributed by atoms with van der Waals surface area (Å²) in [7, 11) is 3.53. The molecule has 212 valence electrons. The Bertz CT molecular complexity index is 1560. The molecule has 2 aliphatic rings. The maximum Gasteiger partial charge on any atom is 0.278 e. The number of ether oxygens (including phenoxy) is 1. The van der Waals surface area contributed by atoms with Crippen LogP contribution in [0.2, 0.25) is 0 Å². The number of halogens is 1. The van der Waals surface area contributed by atoms with E-state index in [1.807, 2.05) is 77.3 Å². The first-order valence-corrected chi connectivity index (χ1v) is 14.7. The fourth-order valence-electron chi connectivity index (χ4n) is 6.43. The number of anilines is 1. The van der Waals surface area contributed by atoms with Crippen LogP contribution in [-0.4, -0.2) is 57.9 Å². The number of carbonyl (C=O) groups excluding carboxylic acids is 1. The van der Waals surface area contributed by atoms with E-state index in [0.29, 0.717) is 43.6 Å². The first-order chi connectivity index (χ1) is 19.9. The number of rotatable bonds is 7. The van der Waals surface area contributed by atoms with Gasteiger partial charge in [-0.1, -0.05) is 60.7 Å². The van der Waals surface area contributed by atoms with Crippen molar-refractivity contribution in [2.24, 2.45) is 7.05 Å². The lowest BCUT2D eigenvalue weighted by atomic mass is 9.84. The summed E-state index contributed by atoms with van der Waals surface area (Å²) in [4.78, 5) is 33.5. The van der Waals surface area contributed by atoms with E-state index < -0.39 is 5.54 Å². The van der Waals surface area contributed by atoms with E-state index in [-0.39, 0.29) is 17.5 Å². The van der Waals surface area contributed by atoms with Crippen LogP contribution in [0.3, 0.4) is 0 Å². The van der Waals surface area contributed by atoms with Crippen molar-refractivity contribution in [1.82, 2.24) is 19.6 Å². The lowest BCUT2D eigenvalue weighted by molar-refractivity contribution is -0.134. The normalized spacial score (nSPS) is 17.8. The molecule has 9 heteroatoms. The summed E-state index contributed by atoms with van der Waals surface area (Å²) >= 11 is 3.56. The van der Waals surface area contributed by atoms with E-state index in [1.54, 1.807) is 7.11 Å². The van der Waals surface area contributed by atoms with Crippen LogP contribution >= 0.6 is 15.9 Å². The third-order valence-corrected chi connectivity index (χ3v) is 9.30. The summed E-state index contributed by atoms with van der Waals surface area (Å²) < 4.78 is 7.67. The van der Waals surface area contributed by atoms with Crippen molar-refractivity contribution in [1.29, 1.82) is 0 Å². The maximum absolute atomic E-state index is 14.3. The Morgan fingerprint density at radius 1 is 0.927 bits per heavy atom. The molecule has 2 aliphatic heterocycles. The Labute approximate surface area is 248 Å². The maximum atomic E-state index is 14.3. The van der Waals surface area contributed by atoms with Crippen LogP contribution in [0.15, 0.2) is 94.2 Å². The van der Waals surface area contributed by atoms with Crippen LogP contribution in [-0.2, 0) is 18.4 Å². The van der Waals surface area contributed by atoms with Gasteiger partial charge < -0.3 is 14.5 Å². The summed E-state index contributed by atoms with van der Waals surface area (Å²) in [6, 6.07) is 28.3. The number of piperidine rings is 1. The zero-order valence-corrected chi connectivity index (χ0v) is 24.9. The van der Waals surface area contributed by atoms with Gasteiger partial charge in [0.25, 0.3) is 5.56 Å². The fraction of sp³-hybridized carbons (Fsp3) is 0.312. The highest BCUT2D eigenvalue weighted by Gasteiger charge is 2.54. The van der Waals surface area contributed by atoms with Crippen molar-refractivity contribution in [2.75, 3.05) is 31.8 Å². The van der Waals surface area contributed by atoms with E-state index in [2.05, 4.69) is 55.1 Å². The summed E-state index contributed by atoms with van der Waals surface area (Å²) in [5.74, 6) is 0.971. The summed E-state index contributed by atoms with van der Waals surface area (Å²) in [5.41, 5.74) is 3.35. The number of amides is 1. The molecule has 1 amide bonds. The van der Waals surface area contributed by atoms with Gasteiger partial charge in [-0.2, -0.15) is 0 Å². The predicted molar refractivity (Wildman–Crippen MR) is 163 cm³/mol. The molecule has 0 aliphatic carbocycles. The second kappa shape index (κ2) is 11.2. The van der Waals surface area contributed by atoms with Gasteiger partial charge in [0, 0.05) is 32.4 Å². The van der Waals surface area contributed by atoms with Crippen molar-refractivity contribution in [3.05, 3.63) is 117 Å². The van der Waals surface area contributed by atoms with E-state index in [1.165, 1.54) is 0 Å². The summed E-state index contributed by atoms with van der Waals surface area (Å²) in [6.45, 7) is 2.49. The molecule has 2 fully saturated rings. The number of likely N-dealkylation sites (tertiary alicyclic amines) is 1. The topological polar surface area (TPSA) is 73.8 Å². The average Bonchev–Trinajstić information content (AvgIpc) is 3.42. The zero-order valence-electron chi connectivity index (χ0n) is 23.3. The molecule has 4 aromatic rings. The molecule has 0 saturated carbocycles. The van der Waals surface area contributed by atoms with Gasteiger partial charge >= 0.3 is 0 Å². The number of hydrogen-bond acceptors (Lipinski definition) is 5. The van der Waals surface area contributed by atoms with Crippen molar-refractivity contribution in [3.8, 4) is 5.75 Å². The number of nitrogens with zero attached hydrogens (tertiary/aromatic N) is 4. The molecule has 8 nitrogen and oxygen atoms in total. The summed E-state index contributed by atoms with van der Waals surface area (Å²) in [5, 5.41) is 2.90. The monoisotopic (exact) mass is 615 g/mol. The van der Waals surface area contributed by atoms with Gasteiger partial charge in [-0.15, -0.1) is 0 Å².